The van der Waals surface area contributed by atoms with E-state index in [1.165, 1.54) is 17.8 Å². The predicted molar refractivity (Wildman–Crippen MR) is 115 cm³/mol. The lowest BCUT2D eigenvalue weighted by molar-refractivity contribution is -0.137. The van der Waals surface area contributed by atoms with Gasteiger partial charge in [0.1, 0.15) is 11.9 Å². The summed E-state index contributed by atoms with van der Waals surface area (Å²) in [5.74, 6) is 0.903. The molecule has 32 heavy (non-hydrogen) atoms. The number of aromatic nitrogens is 2. The van der Waals surface area contributed by atoms with E-state index in [0.717, 1.165) is 18.6 Å². The van der Waals surface area contributed by atoms with Crippen molar-refractivity contribution in [2.24, 2.45) is 7.05 Å². The van der Waals surface area contributed by atoms with Crippen LogP contribution >= 0.6 is 0 Å². The van der Waals surface area contributed by atoms with Gasteiger partial charge in [-0.25, -0.2) is 4.68 Å². The molecule has 1 aromatic heterocycles. The smallest absolute Gasteiger partial charge is 0.416 e. The largest absolute Gasteiger partial charge is 0.488 e. The predicted octanol–water partition coefficient (Wildman–Crippen LogP) is 3.88. The molecule has 0 aliphatic carbocycles. The van der Waals surface area contributed by atoms with Crippen molar-refractivity contribution in [1.29, 1.82) is 0 Å². The lowest BCUT2D eigenvalue weighted by Crippen LogP contribution is -2.22. The number of alkyl halides is 3. The maximum atomic E-state index is 13.2. The molecule has 0 radical (unpaired) electrons. The molecule has 1 saturated heterocycles. The number of nitrogens with one attached hydrogen (secondary N) is 1. The van der Waals surface area contributed by atoms with Crippen molar-refractivity contribution in [3.63, 3.8) is 0 Å². The van der Waals surface area contributed by atoms with Crippen LogP contribution in [0.1, 0.15) is 30.5 Å². The Morgan fingerprint density at radius 2 is 2.03 bits per heavy atom. The Kier molecular flexibility index (Phi) is 5.72. The molecular weight excluding hydrogens is 425 g/mol. The van der Waals surface area contributed by atoms with Crippen molar-refractivity contribution >= 4 is 22.3 Å². The van der Waals surface area contributed by atoms with Crippen molar-refractivity contribution in [3.05, 3.63) is 57.9 Å². The molecule has 7 nitrogen and oxygen atoms in total. The number of hydrogen-bond acceptors (Lipinski definition) is 6. The van der Waals surface area contributed by atoms with E-state index in [9.17, 15) is 18.0 Å². The number of benzene rings is 2. The van der Waals surface area contributed by atoms with E-state index in [0.29, 0.717) is 41.1 Å². The van der Waals surface area contributed by atoms with Crippen LogP contribution in [0.5, 0.6) is 5.75 Å². The summed E-state index contributed by atoms with van der Waals surface area (Å²) < 4.78 is 52.1. The van der Waals surface area contributed by atoms with Crippen molar-refractivity contribution in [1.82, 2.24) is 9.78 Å². The molecule has 1 unspecified atom stereocenters. The normalized spacial score (nSPS) is 17.5. The van der Waals surface area contributed by atoms with E-state index in [2.05, 4.69) is 10.4 Å². The Bertz CT molecular complexity index is 1200. The molecule has 10 heteroatoms. The van der Waals surface area contributed by atoms with Crippen molar-refractivity contribution in [2.75, 3.05) is 24.3 Å². The fraction of sp³-hybridized carbons (Fsp3) is 0.364. The number of fused-ring (bicyclic) bond motifs is 1. The van der Waals surface area contributed by atoms with Crippen LogP contribution in [0.2, 0.25) is 0 Å². The van der Waals surface area contributed by atoms with Crippen molar-refractivity contribution in [2.45, 2.75) is 31.7 Å². The lowest BCUT2D eigenvalue weighted by Gasteiger charge is -2.19. The summed E-state index contributed by atoms with van der Waals surface area (Å²) >= 11 is 0. The zero-order valence-electron chi connectivity index (χ0n) is 17.6. The van der Waals surface area contributed by atoms with Gasteiger partial charge in [0, 0.05) is 24.5 Å². The second-order valence-electron chi connectivity index (χ2n) is 7.84. The van der Waals surface area contributed by atoms with Crippen LogP contribution < -0.4 is 21.3 Å². The van der Waals surface area contributed by atoms with Crippen LogP contribution in [-0.2, 0) is 18.0 Å². The highest BCUT2D eigenvalue weighted by Gasteiger charge is 2.31. The maximum Gasteiger partial charge on any atom is 0.416 e. The summed E-state index contributed by atoms with van der Waals surface area (Å²) in [5.41, 5.74) is 4.94. The molecular formula is C22H23F3N4O3. The standard InChI is InChI=1S/C22H23F3N4O3/c1-12(13-7-14(22(23,24)25)9-15(26)8-13)27-20-19-10-16(32-17-5-6-31-11-17)3-4-18(19)21(30)29(2)28-20/h3-4,7-10,12,17H,5-6,11,26H2,1-2H3,(H,27,28)/t12?,17-/m0/s1. The highest BCUT2D eigenvalue weighted by molar-refractivity contribution is 5.92. The Labute approximate surface area is 181 Å². The number of anilines is 2. The lowest BCUT2D eigenvalue weighted by atomic mass is 10.0. The molecule has 0 saturated carbocycles. The van der Waals surface area contributed by atoms with Crippen LogP contribution in [0.3, 0.4) is 0 Å². The molecule has 0 spiro atoms. The number of ether oxygens (including phenoxy) is 2. The quantitative estimate of drug-likeness (QED) is 0.576. The zero-order valence-corrected chi connectivity index (χ0v) is 17.6. The molecule has 3 aromatic rings. The van der Waals surface area contributed by atoms with Crippen molar-refractivity contribution < 1.29 is 22.6 Å². The Morgan fingerprint density at radius 1 is 1.25 bits per heavy atom. The minimum atomic E-state index is -4.51. The molecule has 170 valence electrons. The molecule has 2 heterocycles. The monoisotopic (exact) mass is 448 g/mol. The van der Waals surface area contributed by atoms with Gasteiger partial charge in [0.25, 0.3) is 5.56 Å². The Balaban J connectivity index is 1.71. The molecule has 4 rings (SSSR count). The second-order valence-corrected chi connectivity index (χ2v) is 7.84. The SMILES string of the molecule is CC(Nc1nn(C)c(=O)c2ccc(O[C@H]3CCOC3)cc12)c1cc(N)cc(C(F)(F)F)c1. The fourth-order valence-corrected chi connectivity index (χ4v) is 3.69. The van der Waals surface area contributed by atoms with Gasteiger partial charge in [0.2, 0.25) is 0 Å². The number of nitrogen functional groups attached to an aromatic ring is 1. The van der Waals surface area contributed by atoms with Gasteiger partial charge in [0.15, 0.2) is 5.82 Å². The molecule has 1 aliphatic rings. The van der Waals surface area contributed by atoms with Gasteiger partial charge in [-0.1, -0.05) is 0 Å². The summed E-state index contributed by atoms with van der Waals surface area (Å²) in [6.07, 6.45) is -3.82. The first-order chi connectivity index (χ1) is 15.1. The van der Waals surface area contributed by atoms with E-state index in [4.69, 9.17) is 15.2 Å². The zero-order chi connectivity index (χ0) is 23.0. The second kappa shape index (κ2) is 8.34. The van der Waals surface area contributed by atoms with Gasteiger partial charge < -0.3 is 20.5 Å². The summed E-state index contributed by atoms with van der Waals surface area (Å²) in [5, 5.41) is 8.34. The van der Waals surface area contributed by atoms with Gasteiger partial charge in [-0.05, 0) is 48.9 Å². The average molecular weight is 448 g/mol. The minimum absolute atomic E-state index is 0.0104. The number of halogens is 3. The summed E-state index contributed by atoms with van der Waals surface area (Å²) in [4.78, 5) is 12.6. The van der Waals surface area contributed by atoms with Gasteiger partial charge >= 0.3 is 6.18 Å². The Hall–Kier alpha value is -3.27. The Morgan fingerprint density at radius 3 is 2.72 bits per heavy atom. The molecule has 1 fully saturated rings. The number of rotatable bonds is 5. The van der Waals surface area contributed by atoms with E-state index < -0.39 is 17.8 Å². The summed E-state index contributed by atoms with van der Waals surface area (Å²) in [6.45, 7) is 2.82. The van der Waals surface area contributed by atoms with Crippen LogP contribution in [0.4, 0.5) is 24.7 Å². The highest BCUT2D eigenvalue weighted by Crippen LogP contribution is 2.34. The highest BCUT2D eigenvalue weighted by atomic mass is 19.4. The van der Waals surface area contributed by atoms with Gasteiger partial charge in [-0.15, -0.1) is 0 Å². The number of aryl methyl sites for hydroxylation is 1. The third-order valence-corrected chi connectivity index (χ3v) is 5.37. The number of nitrogens with zero attached hydrogens (tertiary/aromatic N) is 2. The number of hydrogen-bond donors (Lipinski definition) is 2. The average Bonchev–Trinajstić information content (AvgIpc) is 3.23. The maximum absolute atomic E-state index is 13.2. The molecule has 1 aliphatic heterocycles. The first-order valence-electron chi connectivity index (χ1n) is 10.1. The minimum Gasteiger partial charge on any atom is -0.488 e. The first kappa shape index (κ1) is 21.9. The summed E-state index contributed by atoms with van der Waals surface area (Å²) in [7, 11) is 1.51. The van der Waals surface area contributed by atoms with Gasteiger partial charge in [-0.2, -0.15) is 18.3 Å². The van der Waals surface area contributed by atoms with E-state index in [-0.39, 0.29) is 17.4 Å². The number of nitrogens with two attached hydrogens (primary N) is 1. The third kappa shape index (κ3) is 4.50. The van der Waals surface area contributed by atoms with E-state index in [1.807, 2.05) is 0 Å². The van der Waals surface area contributed by atoms with Crippen LogP contribution in [0.15, 0.2) is 41.2 Å². The van der Waals surface area contributed by atoms with E-state index >= 15 is 0 Å². The fourth-order valence-electron chi connectivity index (χ4n) is 3.69. The van der Waals surface area contributed by atoms with Crippen molar-refractivity contribution in [3.8, 4) is 5.75 Å². The van der Waals surface area contributed by atoms with Gasteiger partial charge in [-0.3, -0.25) is 4.79 Å². The third-order valence-electron chi connectivity index (χ3n) is 5.37. The molecule has 0 bridgehead atoms. The van der Waals surface area contributed by atoms with E-state index in [1.54, 1.807) is 25.1 Å². The van der Waals surface area contributed by atoms with Crippen LogP contribution in [0.25, 0.3) is 10.8 Å². The molecule has 2 aromatic carbocycles. The molecule has 3 N–H and O–H groups in total. The summed E-state index contributed by atoms with van der Waals surface area (Å²) in [6, 6.07) is 7.93. The molecule has 2 atom stereocenters. The van der Waals surface area contributed by atoms with Crippen LogP contribution in [-0.4, -0.2) is 29.1 Å². The molecule has 0 amide bonds. The topological polar surface area (TPSA) is 91.4 Å². The van der Waals surface area contributed by atoms with Crippen LogP contribution in [0, 0.1) is 0 Å². The van der Waals surface area contributed by atoms with Gasteiger partial charge in [0.05, 0.1) is 30.2 Å². The first-order valence-corrected chi connectivity index (χ1v) is 10.1.